The molecule has 0 heterocycles. The molecule has 3 rings (SSSR count). The molecule has 0 aliphatic carbocycles. The molecular weight excluding hydrogens is 466 g/mol. The van der Waals surface area contributed by atoms with Gasteiger partial charge < -0.3 is 5.11 Å². The molecule has 0 spiro atoms. The van der Waals surface area contributed by atoms with Crippen molar-refractivity contribution in [3.63, 3.8) is 0 Å². The molecule has 3 aromatic carbocycles. The molecular formula is C17H14BaN2O4S. The zero-order chi connectivity index (χ0) is 17.3. The van der Waals surface area contributed by atoms with Gasteiger partial charge in [-0.25, -0.2) is 0 Å². The maximum atomic E-state index is 11.2. The van der Waals surface area contributed by atoms with Crippen LogP contribution in [0.25, 0.3) is 10.8 Å². The summed E-state index contributed by atoms with van der Waals surface area (Å²) in [6.07, 6.45) is 0. The van der Waals surface area contributed by atoms with Crippen molar-refractivity contribution in [1.29, 1.82) is 0 Å². The Hall–Kier alpha value is -1.20. The molecule has 0 saturated carbocycles. The third-order valence-electron chi connectivity index (χ3n) is 3.58. The number of hydrogen-bond donors (Lipinski definition) is 2. The Morgan fingerprint density at radius 2 is 1.68 bits per heavy atom. The van der Waals surface area contributed by atoms with E-state index in [2.05, 4.69) is 10.2 Å². The second kappa shape index (κ2) is 8.00. The van der Waals surface area contributed by atoms with Crippen LogP contribution in [0.5, 0.6) is 5.75 Å². The minimum Gasteiger partial charge on any atom is -0.506 e. The van der Waals surface area contributed by atoms with Crippen LogP contribution in [0.3, 0.4) is 0 Å². The van der Waals surface area contributed by atoms with E-state index in [-0.39, 0.29) is 59.5 Å². The second-order valence-corrected chi connectivity index (χ2v) is 6.67. The zero-order valence-electron chi connectivity index (χ0n) is 13.4. The summed E-state index contributed by atoms with van der Waals surface area (Å²) in [5.41, 5.74) is 1.10. The van der Waals surface area contributed by atoms with Gasteiger partial charge in [0.25, 0.3) is 10.1 Å². The normalized spacial score (nSPS) is 11.6. The molecule has 0 unspecified atom stereocenters. The molecule has 0 amide bonds. The van der Waals surface area contributed by atoms with Gasteiger partial charge in [-0.3, -0.25) is 4.55 Å². The first kappa shape index (κ1) is 20.1. The zero-order valence-corrected chi connectivity index (χ0v) is 18.7. The van der Waals surface area contributed by atoms with E-state index in [4.69, 9.17) is 4.55 Å². The number of aromatic hydroxyl groups is 1. The van der Waals surface area contributed by atoms with E-state index in [1.54, 1.807) is 19.1 Å². The van der Waals surface area contributed by atoms with Gasteiger partial charge in [-0.1, -0.05) is 30.3 Å². The number of hydrogen-bond acceptors (Lipinski definition) is 5. The summed E-state index contributed by atoms with van der Waals surface area (Å²) in [5.74, 6) is 0.00345. The summed E-state index contributed by atoms with van der Waals surface area (Å²) in [4.78, 5) is -0.172. The van der Waals surface area contributed by atoms with E-state index in [0.29, 0.717) is 16.9 Å². The monoisotopic (exact) mass is 480 g/mol. The van der Waals surface area contributed by atoms with Gasteiger partial charge in [0.1, 0.15) is 11.4 Å². The molecule has 0 fully saturated rings. The Balaban J connectivity index is 0.00000225. The Kier molecular flexibility index (Phi) is 6.44. The number of nitrogens with zero attached hydrogens (tertiary/aromatic N) is 2. The topological polar surface area (TPSA) is 99.3 Å². The molecule has 25 heavy (non-hydrogen) atoms. The summed E-state index contributed by atoms with van der Waals surface area (Å²) >= 11 is 0. The van der Waals surface area contributed by atoms with Gasteiger partial charge in [0.05, 0.1) is 10.6 Å². The summed E-state index contributed by atoms with van der Waals surface area (Å²) in [6, 6.07) is 15.0. The van der Waals surface area contributed by atoms with Crippen LogP contribution in [0, 0.1) is 6.92 Å². The fourth-order valence-electron chi connectivity index (χ4n) is 2.44. The van der Waals surface area contributed by atoms with Gasteiger partial charge in [0.2, 0.25) is 0 Å². The van der Waals surface area contributed by atoms with Crippen LogP contribution in [0.4, 0.5) is 11.4 Å². The van der Waals surface area contributed by atoms with Crippen LogP contribution in [0.1, 0.15) is 5.56 Å². The van der Waals surface area contributed by atoms with Gasteiger partial charge in [-0.2, -0.15) is 13.5 Å². The first-order valence-electron chi connectivity index (χ1n) is 7.07. The van der Waals surface area contributed by atoms with E-state index >= 15 is 0 Å². The van der Waals surface area contributed by atoms with Crippen molar-refractivity contribution in [3.05, 3.63) is 60.2 Å². The van der Waals surface area contributed by atoms with Crippen molar-refractivity contribution in [2.24, 2.45) is 10.2 Å². The van der Waals surface area contributed by atoms with Crippen LogP contribution in [0.2, 0.25) is 0 Å². The van der Waals surface area contributed by atoms with Gasteiger partial charge in [-0.15, -0.1) is 5.11 Å². The van der Waals surface area contributed by atoms with Crippen molar-refractivity contribution >= 4 is 81.1 Å². The molecule has 0 aliphatic heterocycles. The Labute approximate surface area is 185 Å². The van der Waals surface area contributed by atoms with Crippen LogP contribution in [-0.4, -0.2) is 67.0 Å². The Bertz CT molecular complexity index is 1070. The van der Waals surface area contributed by atoms with Gasteiger partial charge in [0.15, 0.2) is 0 Å². The van der Waals surface area contributed by atoms with Crippen LogP contribution in [-0.2, 0) is 10.1 Å². The standard InChI is InChI=1S/C17H14N2O4S.Ba/c1-11-10-13(7-9-16(11)24(21,22)23)18-19-17-14-5-3-2-4-12(14)6-8-15(17)20;/h2-10,20H,1H3,(H,21,22,23);. The minimum absolute atomic E-state index is 0. The Morgan fingerprint density at radius 1 is 0.960 bits per heavy atom. The fourth-order valence-corrected chi connectivity index (χ4v) is 3.15. The summed E-state index contributed by atoms with van der Waals surface area (Å²) in [5, 5.41) is 19.9. The number of benzene rings is 3. The first-order chi connectivity index (χ1) is 11.4. The Morgan fingerprint density at radius 3 is 2.36 bits per heavy atom. The van der Waals surface area contributed by atoms with Crippen LogP contribution < -0.4 is 0 Å². The summed E-state index contributed by atoms with van der Waals surface area (Å²) in [7, 11) is -4.27. The summed E-state index contributed by atoms with van der Waals surface area (Å²) in [6.45, 7) is 1.55. The number of phenols is 1. The molecule has 0 atom stereocenters. The number of azo groups is 1. The fraction of sp³-hybridized carbons (Fsp3) is 0.0588. The van der Waals surface area contributed by atoms with Crippen molar-refractivity contribution in [3.8, 4) is 5.75 Å². The van der Waals surface area contributed by atoms with Gasteiger partial charge in [0, 0.05) is 54.3 Å². The SMILES string of the molecule is Cc1cc(N=Nc2c(O)ccc3ccccc23)ccc1S(=O)(=O)O.[Ba]. The average Bonchev–Trinajstić information content (AvgIpc) is 2.53. The van der Waals surface area contributed by atoms with Crippen molar-refractivity contribution in [1.82, 2.24) is 0 Å². The van der Waals surface area contributed by atoms with E-state index in [1.807, 2.05) is 24.3 Å². The quantitative estimate of drug-likeness (QED) is 0.335. The van der Waals surface area contributed by atoms with Crippen LogP contribution in [0.15, 0.2) is 69.7 Å². The minimum atomic E-state index is -4.27. The molecule has 2 radical (unpaired) electrons. The van der Waals surface area contributed by atoms with Crippen molar-refractivity contribution in [2.45, 2.75) is 11.8 Å². The number of fused-ring (bicyclic) bond motifs is 1. The maximum absolute atomic E-state index is 11.2. The molecule has 0 aliphatic rings. The smallest absolute Gasteiger partial charge is 0.294 e. The third-order valence-corrected chi connectivity index (χ3v) is 4.60. The predicted octanol–water partition coefficient (Wildman–Crippen LogP) is 4.14. The maximum Gasteiger partial charge on any atom is 0.294 e. The number of aryl methyl sites for hydroxylation is 1. The van der Waals surface area contributed by atoms with E-state index in [1.165, 1.54) is 18.2 Å². The third kappa shape index (κ3) is 4.50. The predicted molar refractivity (Wildman–Crippen MR) is 96.5 cm³/mol. The summed E-state index contributed by atoms with van der Waals surface area (Å²) < 4.78 is 31.5. The molecule has 8 heteroatoms. The molecule has 2 N–H and O–H groups in total. The number of phenolic OH excluding ortho intramolecular Hbond substituents is 1. The van der Waals surface area contributed by atoms with Gasteiger partial charge >= 0.3 is 0 Å². The van der Waals surface area contributed by atoms with Crippen LogP contribution >= 0.6 is 0 Å². The number of rotatable bonds is 3. The van der Waals surface area contributed by atoms with Crippen molar-refractivity contribution in [2.75, 3.05) is 0 Å². The van der Waals surface area contributed by atoms with E-state index < -0.39 is 10.1 Å². The molecule has 124 valence electrons. The molecule has 0 saturated heterocycles. The molecule has 0 aromatic heterocycles. The average molecular weight is 480 g/mol. The van der Waals surface area contributed by atoms with E-state index in [9.17, 15) is 13.5 Å². The largest absolute Gasteiger partial charge is 0.506 e. The van der Waals surface area contributed by atoms with E-state index in [0.717, 1.165) is 10.8 Å². The molecule has 3 aromatic rings. The molecule has 6 nitrogen and oxygen atoms in total. The first-order valence-corrected chi connectivity index (χ1v) is 8.51. The molecule has 0 bridgehead atoms. The van der Waals surface area contributed by atoms with Crippen molar-refractivity contribution < 1.29 is 18.1 Å². The van der Waals surface area contributed by atoms with Gasteiger partial charge in [-0.05, 0) is 42.1 Å². The second-order valence-electron chi connectivity index (χ2n) is 5.28.